The number of thiazole rings is 1. The number of likely N-dealkylation sites (N-methyl/N-ethyl adjacent to an activating group) is 1. The van der Waals surface area contributed by atoms with Gasteiger partial charge in [-0.2, -0.15) is 0 Å². The van der Waals surface area contributed by atoms with Crippen LogP contribution in [0.15, 0.2) is 36.0 Å². The Bertz CT molecular complexity index is 967. The lowest BCUT2D eigenvalue weighted by atomic mass is 9.93. The number of carbonyl (C=O) groups is 1. The molecular weight excluding hydrogens is 394 g/mol. The predicted octanol–water partition coefficient (Wildman–Crippen LogP) is 3.79. The van der Waals surface area contributed by atoms with E-state index in [0.717, 1.165) is 55.4 Å². The molecule has 0 radical (unpaired) electrons. The zero-order valence-corrected chi connectivity index (χ0v) is 18.8. The molecule has 1 saturated heterocycles. The van der Waals surface area contributed by atoms with Crippen molar-refractivity contribution >= 4 is 22.2 Å². The minimum atomic E-state index is 0.245. The maximum Gasteiger partial charge on any atom is 0.222 e. The summed E-state index contributed by atoms with van der Waals surface area (Å²) in [7, 11) is 1.91. The van der Waals surface area contributed by atoms with Gasteiger partial charge in [-0.1, -0.05) is 6.07 Å². The number of fused-ring (bicyclic) bond motifs is 1. The first kappa shape index (κ1) is 21.0. The molecule has 0 aliphatic carbocycles. The maximum atomic E-state index is 12.6. The van der Waals surface area contributed by atoms with Gasteiger partial charge in [-0.05, 0) is 50.8 Å². The molecule has 6 nitrogen and oxygen atoms in total. The van der Waals surface area contributed by atoms with Gasteiger partial charge in [0, 0.05) is 63.0 Å². The Labute approximate surface area is 182 Å². The van der Waals surface area contributed by atoms with Crippen LogP contribution in [0.4, 0.5) is 0 Å². The van der Waals surface area contributed by atoms with E-state index in [2.05, 4.69) is 37.8 Å². The van der Waals surface area contributed by atoms with Gasteiger partial charge >= 0.3 is 0 Å². The second-order valence-corrected chi connectivity index (χ2v) is 9.24. The number of hydrogen-bond acceptors (Lipinski definition) is 5. The van der Waals surface area contributed by atoms with Gasteiger partial charge in [0.1, 0.15) is 0 Å². The quantitative estimate of drug-likeness (QED) is 0.551. The summed E-state index contributed by atoms with van der Waals surface area (Å²) in [4.78, 5) is 27.1. The number of hydrogen-bond donors (Lipinski definition) is 0. The summed E-state index contributed by atoms with van der Waals surface area (Å²) in [5.41, 5.74) is 3.47. The van der Waals surface area contributed by atoms with Gasteiger partial charge in [0.25, 0.3) is 0 Å². The molecule has 1 fully saturated rings. The number of likely N-dealkylation sites (tertiary alicyclic amines) is 1. The molecule has 0 bridgehead atoms. The summed E-state index contributed by atoms with van der Waals surface area (Å²) in [6.45, 7) is 5.98. The van der Waals surface area contributed by atoms with Crippen LogP contribution < -0.4 is 0 Å². The average Bonchev–Trinajstić information content (AvgIpc) is 3.33. The Balaban J connectivity index is 1.24. The third kappa shape index (κ3) is 5.08. The van der Waals surface area contributed by atoms with Crippen molar-refractivity contribution in [2.45, 2.75) is 45.6 Å². The zero-order valence-electron chi connectivity index (χ0n) is 18.0. The molecule has 1 unspecified atom stereocenters. The number of pyridine rings is 1. The third-order valence-electron chi connectivity index (χ3n) is 6.16. The first-order chi connectivity index (χ1) is 14.6. The van der Waals surface area contributed by atoms with Gasteiger partial charge in [0.15, 0.2) is 4.96 Å². The van der Waals surface area contributed by atoms with E-state index < -0.39 is 0 Å². The molecule has 30 heavy (non-hydrogen) atoms. The predicted molar refractivity (Wildman–Crippen MR) is 121 cm³/mol. The largest absolute Gasteiger partial charge is 0.345 e. The van der Waals surface area contributed by atoms with E-state index in [9.17, 15) is 4.79 Å². The number of rotatable bonds is 8. The lowest BCUT2D eigenvalue weighted by molar-refractivity contribution is -0.130. The van der Waals surface area contributed by atoms with Gasteiger partial charge in [-0.3, -0.25) is 19.1 Å². The normalized spacial score (nSPS) is 17.5. The second kappa shape index (κ2) is 9.71. The molecule has 0 spiro atoms. The molecule has 160 valence electrons. The topological polar surface area (TPSA) is 53.7 Å². The number of piperidine rings is 1. The van der Waals surface area contributed by atoms with Crippen molar-refractivity contribution in [3.8, 4) is 0 Å². The molecule has 0 saturated carbocycles. The van der Waals surface area contributed by atoms with Gasteiger partial charge in [-0.15, -0.1) is 11.3 Å². The molecule has 0 N–H and O–H groups in total. The van der Waals surface area contributed by atoms with Crippen LogP contribution in [0.5, 0.6) is 0 Å². The van der Waals surface area contributed by atoms with Crippen LogP contribution in [0.2, 0.25) is 0 Å². The van der Waals surface area contributed by atoms with Gasteiger partial charge in [0.2, 0.25) is 5.91 Å². The first-order valence-electron chi connectivity index (χ1n) is 10.9. The molecule has 7 heteroatoms. The average molecular weight is 426 g/mol. The number of nitrogens with zero attached hydrogens (tertiary/aromatic N) is 5. The number of aryl methyl sites for hydroxylation is 1. The summed E-state index contributed by atoms with van der Waals surface area (Å²) in [6, 6.07) is 5.93. The summed E-state index contributed by atoms with van der Waals surface area (Å²) in [6.07, 6.45) is 8.78. The molecule has 1 atom stereocenters. The molecular formula is C23H31N5OS. The molecule has 4 heterocycles. The van der Waals surface area contributed by atoms with E-state index in [1.54, 1.807) is 17.5 Å². The fourth-order valence-electron chi connectivity index (χ4n) is 4.34. The maximum absolute atomic E-state index is 12.6. The van der Waals surface area contributed by atoms with E-state index >= 15 is 0 Å². The Morgan fingerprint density at radius 3 is 3.10 bits per heavy atom. The van der Waals surface area contributed by atoms with Crippen LogP contribution in [0.1, 0.15) is 42.8 Å². The van der Waals surface area contributed by atoms with E-state index in [1.807, 2.05) is 30.1 Å². The van der Waals surface area contributed by atoms with Crippen LogP contribution in [0.3, 0.4) is 0 Å². The lowest BCUT2D eigenvalue weighted by Crippen LogP contribution is -2.36. The van der Waals surface area contributed by atoms with Crippen LogP contribution in [-0.4, -0.2) is 56.8 Å². The van der Waals surface area contributed by atoms with Crippen molar-refractivity contribution in [3.63, 3.8) is 0 Å². The highest BCUT2D eigenvalue weighted by atomic mass is 32.1. The second-order valence-electron chi connectivity index (χ2n) is 8.37. The monoisotopic (exact) mass is 425 g/mol. The van der Waals surface area contributed by atoms with E-state index in [4.69, 9.17) is 0 Å². The van der Waals surface area contributed by atoms with Crippen LogP contribution in [-0.2, 0) is 17.8 Å². The van der Waals surface area contributed by atoms with Crippen molar-refractivity contribution in [1.82, 2.24) is 24.2 Å². The minimum Gasteiger partial charge on any atom is -0.345 e. The van der Waals surface area contributed by atoms with Crippen molar-refractivity contribution in [2.75, 3.05) is 26.7 Å². The smallest absolute Gasteiger partial charge is 0.222 e. The molecule has 3 aromatic rings. The van der Waals surface area contributed by atoms with Crippen LogP contribution in [0, 0.1) is 12.8 Å². The fraction of sp³-hybridized carbons (Fsp3) is 0.522. The van der Waals surface area contributed by atoms with Crippen molar-refractivity contribution in [3.05, 3.63) is 53.1 Å². The lowest BCUT2D eigenvalue weighted by Gasteiger charge is -2.33. The molecule has 4 rings (SSSR count). The van der Waals surface area contributed by atoms with Crippen molar-refractivity contribution in [1.29, 1.82) is 0 Å². The number of aromatic nitrogens is 3. The standard InChI is InChI=1S/C23H31N5OS/c1-18-21(28-14-15-30-23(28)25-18)17-27-12-5-6-19(16-27)8-9-22(29)26(2)13-10-20-7-3-4-11-24-20/h3-4,7,11,14-15,19H,5-6,8-10,12-13,16-17H2,1-2H3. The summed E-state index contributed by atoms with van der Waals surface area (Å²) < 4.78 is 2.23. The molecule has 3 aromatic heterocycles. The molecule has 0 aromatic carbocycles. The highest BCUT2D eigenvalue weighted by molar-refractivity contribution is 7.15. The Morgan fingerprint density at radius 1 is 1.37 bits per heavy atom. The Hall–Kier alpha value is -2.25. The van der Waals surface area contributed by atoms with Crippen LogP contribution in [0.25, 0.3) is 4.96 Å². The van der Waals surface area contributed by atoms with Crippen molar-refractivity contribution < 1.29 is 4.79 Å². The Kier molecular flexibility index (Phi) is 6.79. The Morgan fingerprint density at radius 2 is 2.27 bits per heavy atom. The highest BCUT2D eigenvalue weighted by Crippen LogP contribution is 2.25. The van der Waals surface area contributed by atoms with E-state index in [-0.39, 0.29) is 5.91 Å². The van der Waals surface area contributed by atoms with Gasteiger partial charge in [-0.25, -0.2) is 4.98 Å². The fourth-order valence-corrected chi connectivity index (χ4v) is 5.12. The summed E-state index contributed by atoms with van der Waals surface area (Å²) in [5.74, 6) is 0.841. The van der Waals surface area contributed by atoms with Gasteiger partial charge in [0.05, 0.1) is 11.4 Å². The number of carbonyl (C=O) groups excluding carboxylic acids is 1. The minimum absolute atomic E-state index is 0.245. The van der Waals surface area contributed by atoms with E-state index in [1.165, 1.54) is 18.5 Å². The van der Waals surface area contributed by atoms with Crippen LogP contribution >= 0.6 is 11.3 Å². The zero-order chi connectivity index (χ0) is 20.9. The molecule has 1 aliphatic heterocycles. The van der Waals surface area contributed by atoms with Gasteiger partial charge < -0.3 is 4.90 Å². The highest BCUT2D eigenvalue weighted by Gasteiger charge is 2.23. The SMILES string of the molecule is Cc1nc2sccn2c1CN1CCCC(CCC(=O)N(C)CCc2ccccn2)C1. The van der Waals surface area contributed by atoms with E-state index in [0.29, 0.717) is 12.3 Å². The molecule has 1 aliphatic rings. The summed E-state index contributed by atoms with van der Waals surface area (Å²) >= 11 is 1.69. The molecule has 1 amide bonds. The summed E-state index contributed by atoms with van der Waals surface area (Å²) in [5, 5.41) is 2.10. The van der Waals surface area contributed by atoms with Crippen molar-refractivity contribution in [2.24, 2.45) is 5.92 Å². The first-order valence-corrected chi connectivity index (χ1v) is 11.8. The number of imidazole rings is 1. The number of amides is 1. The third-order valence-corrected chi connectivity index (χ3v) is 6.92.